The number of nitrogens with zero attached hydrogens (tertiary/aromatic N) is 3. The highest BCUT2D eigenvalue weighted by molar-refractivity contribution is 5.55. The van der Waals surface area contributed by atoms with Crippen LogP contribution in [0.15, 0.2) is 18.5 Å². The first-order valence-electron chi connectivity index (χ1n) is 7.40. The maximum Gasteiger partial charge on any atom is 0.231 e. The van der Waals surface area contributed by atoms with E-state index in [1.807, 2.05) is 16.8 Å². The lowest BCUT2D eigenvalue weighted by atomic mass is 10.1. The molecule has 4 rings (SSSR count). The highest BCUT2D eigenvalue weighted by atomic mass is 16.7. The van der Waals surface area contributed by atoms with Gasteiger partial charge in [-0.3, -0.25) is 0 Å². The Bertz CT molecular complexity index is 685. The third kappa shape index (κ3) is 2.37. The van der Waals surface area contributed by atoms with E-state index in [9.17, 15) is 0 Å². The number of ether oxygens (including phenoxy) is 3. The average Bonchev–Trinajstić information content (AvgIpc) is 3.20. The maximum absolute atomic E-state index is 5.46. The maximum atomic E-state index is 5.46. The summed E-state index contributed by atoms with van der Waals surface area (Å²) >= 11 is 0. The minimum atomic E-state index is 0.250. The molecule has 0 fully saturated rings. The van der Waals surface area contributed by atoms with Crippen molar-refractivity contribution < 1.29 is 14.2 Å². The zero-order chi connectivity index (χ0) is 14.9. The molecule has 0 aliphatic carbocycles. The van der Waals surface area contributed by atoms with Crippen molar-refractivity contribution in [2.24, 2.45) is 0 Å². The summed E-state index contributed by atoms with van der Waals surface area (Å²) in [5.74, 6) is 3.23. The molecule has 7 nitrogen and oxygen atoms in total. The van der Waals surface area contributed by atoms with E-state index in [-0.39, 0.29) is 6.79 Å². The number of methoxy groups -OCH3 is 1. The van der Waals surface area contributed by atoms with Crippen LogP contribution in [0.4, 0.5) is 0 Å². The predicted molar refractivity (Wildman–Crippen MR) is 78.1 cm³/mol. The lowest BCUT2D eigenvalue weighted by Gasteiger charge is -2.23. The Morgan fingerprint density at radius 1 is 1.41 bits per heavy atom. The molecule has 1 N–H and O–H groups in total. The number of nitrogens with one attached hydrogen (secondary N) is 1. The molecular formula is C15H18N4O3. The minimum Gasteiger partial charge on any atom is -0.493 e. The van der Waals surface area contributed by atoms with Crippen molar-refractivity contribution in [2.75, 3.05) is 13.9 Å². The first-order chi connectivity index (χ1) is 10.8. The molecule has 2 aliphatic heterocycles. The summed E-state index contributed by atoms with van der Waals surface area (Å²) in [6, 6.07) is 4.39. The van der Waals surface area contributed by atoms with Crippen LogP contribution in [0.1, 0.15) is 17.8 Å². The molecule has 1 aromatic heterocycles. The van der Waals surface area contributed by atoms with Crippen LogP contribution >= 0.6 is 0 Å². The van der Waals surface area contributed by atoms with E-state index in [1.54, 1.807) is 13.4 Å². The SMILES string of the molecule is COc1cc(CN[C@H]2CCc3ncnn3C2)cc2c1OCO2. The van der Waals surface area contributed by atoms with Crippen LogP contribution in [0.25, 0.3) is 0 Å². The number of rotatable bonds is 4. The van der Waals surface area contributed by atoms with Gasteiger partial charge in [0.05, 0.1) is 13.7 Å². The van der Waals surface area contributed by atoms with E-state index in [4.69, 9.17) is 14.2 Å². The van der Waals surface area contributed by atoms with Crippen LogP contribution in [-0.2, 0) is 19.5 Å². The zero-order valence-corrected chi connectivity index (χ0v) is 12.4. The van der Waals surface area contributed by atoms with Gasteiger partial charge in [0.1, 0.15) is 12.2 Å². The fourth-order valence-electron chi connectivity index (χ4n) is 2.95. The number of aromatic nitrogens is 3. The second-order valence-electron chi connectivity index (χ2n) is 5.51. The molecule has 0 amide bonds. The van der Waals surface area contributed by atoms with Gasteiger partial charge in [-0.25, -0.2) is 9.67 Å². The van der Waals surface area contributed by atoms with Gasteiger partial charge in [0.15, 0.2) is 11.5 Å². The zero-order valence-electron chi connectivity index (χ0n) is 12.4. The smallest absolute Gasteiger partial charge is 0.231 e. The van der Waals surface area contributed by atoms with Crippen molar-refractivity contribution in [3.05, 3.63) is 29.8 Å². The molecular weight excluding hydrogens is 284 g/mol. The van der Waals surface area contributed by atoms with E-state index in [0.29, 0.717) is 17.5 Å². The van der Waals surface area contributed by atoms with Crippen molar-refractivity contribution in [1.82, 2.24) is 20.1 Å². The fourth-order valence-corrected chi connectivity index (χ4v) is 2.95. The van der Waals surface area contributed by atoms with Crippen LogP contribution in [0.5, 0.6) is 17.2 Å². The van der Waals surface area contributed by atoms with Crippen molar-refractivity contribution >= 4 is 0 Å². The lowest BCUT2D eigenvalue weighted by molar-refractivity contribution is 0.171. The van der Waals surface area contributed by atoms with Gasteiger partial charge in [-0.2, -0.15) is 5.10 Å². The molecule has 1 atom stereocenters. The monoisotopic (exact) mass is 302 g/mol. The summed E-state index contributed by atoms with van der Waals surface area (Å²) < 4.78 is 18.2. The molecule has 3 heterocycles. The molecule has 0 radical (unpaired) electrons. The topological polar surface area (TPSA) is 70.4 Å². The molecule has 0 bridgehead atoms. The normalized spacial score (nSPS) is 19.0. The van der Waals surface area contributed by atoms with Crippen molar-refractivity contribution in [3.63, 3.8) is 0 Å². The molecule has 2 aliphatic rings. The largest absolute Gasteiger partial charge is 0.493 e. The summed E-state index contributed by atoms with van der Waals surface area (Å²) in [7, 11) is 1.64. The van der Waals surface area contributed by atoms with Crippen LogP contribution in [-0.4, -0.2) is 34.7 Å². The van der Waals surface area contributed by atoms with Crippen LogP contribution in [0.3, 0.4) is 0 Å². The van der Waals surface area contributed by atoms with Crippen molar-refractivity contribution in [1.29, 1.82) is 0 Å². The third-order valence-corrected chi connectivity index (χ3v) is 4.12. The van der Waals surface area contributed by atoms with E-state index in [2.05, 4.69) is 15.4 Å². The number of fused-ring (bicyclic) bond motifs is 2. The van der Waals surface area contributed by atoms with Crippen molar-refractivity contribution in [3.8, 4) is 17.2 Å². The summed E-state index contributed by atoms with van der Waals surface area (Å²) in [5, 5.41) is 7.82. The average molecular weight is 302 g/mol. The van der Waals surface area contributed by atoms with Crippen LogP contribution < -0.4 is 19.5 Å². The van der Waals surface area contributed by atoms with Gasteiger partial charge in [-0.05, 0) is 24.1 Å². The summed E-state index contributed by atoms with van der Waals surface area (Å²) in [4.78, 5) is 4.25. The van der Waals surface area contributed by atoms with Gasteiger partial charge in [0.2, 0.25) is 12.5 Å². The van der Waals surface area contributed by atoms with Crippen LogP contribution in [0.2, 0.25) is 0 Å². The lowest BCUT2D eigenvalue weighted by Crippen LogP contribution is -2.37. The molecule has 1 aromatic carbocycles. The van der Waals surface area contributed by atoms with Crippen molar-refractivity contribution in [2.45, 2.75) is 32.0 Å². The van der Waals surface area contributed by atoms with Gasteiger partial charge >= 0.3 is 0 Å². The van der Waals surface area contributed by atoms with E-state index < -0.39 is 0 Å². The number of hydrogen-bond acceptors (Lipinski definition) is 6. The minimum absolute atomic E-state index is 0.250. The summed E-state index contributed by atoms with van der Waals surface area (Å²) in [6.45, 7) is 1.86. The number of hydrogen-bond donors (Lipinski definition) is 1. The third-order valence-electron chi connectivity index (χ3n) is 4.12. The molecule has 0 spiro atoms. The number of benzene rings is 1. The number of aryl methyl sites for hydroxylation is 1. The standard InChI is InChI=1S/C15H18N4O3/c1-20-12-4-10(5-13-15(12)22-9-21-13)6-16-11-2-3-14-17-8-18-19(14)7-11/h4-5,8,11,16H,2-3,6-7,9H2,1H3/t11-/m0/s1. The quantitative estimate of drug-likeness (QED) is 0.912. The Kier molecular flexibility index (Phi) is 3.34. The second kappa shape index (κ2) is 5.49. The molecule has 116 valence electrons. The van der Waals surface area contributed by atoms with E-state index >= 15 is 0 Å². The van der Waals surface area contributed by atoms with E-state index in [0.717, 1.165) is 43.1 Å². The van der Waals surface area contributed by atoms with Gasteiger partial charge in [-0.15, -0.1) is 0 Å². The molecule has 7 heteroatoms. The molecule has 0 unspecified atom stereocenters. The Hall–Kier alpha value is -2.28. The Morgan fingerprint density at radius 2 is 2.36 bits per heavy atom. The van der Waals surface area contributed by atoms with E-state index in [1.165, 1.54) is 0 Å². The van der Waals surface area contributed by atoms with Gasteiger partial charge in [0, 0.05) is 19.0 Å². The highest BCUT2D eigenvalue weighted by Gasteiger charge is 2.22. The fraction of sp³-hybridized carbons (Fsp3) is 0.467. The Balaban J connectivity index is 1.44. The summed E-state index contributed by atoms with van der Waals surface area (Å²) in [5.41, 5.74) is 1.12. The Morgan fingerprint density at radius 3 is 3.27 bits per heavy atom. The molecule has 22 heavy (non-hydrogen) atoms. The van der Waals surface area contributed by atoms with Gasteiger partial charge in [0.25, 0.3) is 0 Å². The molecule has 0 saturated heterocycles. The second-order valence-corrected chi connectivity index (χ2v) is 5.51. The predicted octanol–water partition coefficient (Wildman–Crippen LogP) is 1.12. The van der Waals surface area contributed by atoms with Gasteiger partial charge < -0.3 is 19.5 Å². The van der Waals surface area contributed by atoms with Crippen LogP contribution in [0, 0.1) is 0 Å². The Labute approximate surface area is 128 Å². The molecule has 2 aromatic rings. The molecule has 0 saturated carbocycles. The highest BCUT2D eigenvalue weighted by Crippen LogP contribution is 2.41. The first kappa shape index (κ1) is 13.4. The summed E-state index contributed by atoms with van der Waals surface area (Å²) in [6.07, 6.45) is 3.66. The first-order valence-corrected chi connectivity index (χ1v) is 7.40. The van der Waals surface area contributed by atoms with Gasteiger partial charge in [-0.1, -0.05) is 0 Å².